The molecule has 0 saturated heterocycles. The van der Waals surface area contributed by atoms with E-state index in [-0.39, 0.29) is 16.7 Å². The number of carboxylic acid groups (broad SMARTS) is 2. The molecular weight excluding hydrogens is 480 g/mol. The lowest BCUT2D eigenvalue weighted by Gasteiger charge is -2.12. The number of aromatic carboxylic acids is 2. The van der Waals surface area contributed by atoms with E-state index >= 15 is 0 Å². The fourth-order valence-electron chi connectivity index (χ4n) is 3.26. The topological polar surface area (TPSA) is 120 Å². The van der Waals surface area contributed by atoms with Crippen LogP contribution in [0.2, 0.25) is 0 Å². The SMILES string of the molecule is CC1=NN(c2cccc(C(=O)O)c2)C(=O)/C1=C\c1ccc(-c2ccc(Br)cc2C(=O)O)o1. The number of nitrogens with zero attached hydrogens (tertiary/aromatic N) is 2. The molecule has 3 aromatic rings. The van der Waals surface area contributed by atoms with E-state index in [0.717, 1.165) is 5.01 Å². The maximum Gasteiger partial charge on any atom is 0.336 e. The fraction of sp³-hybridized carbons (Fsp3) is 0.0435. The molecular formula is C23H15BrN2O6. The van der Waals surface area contributed by atoms with Gasteiger partial charge in [0.15, 0.2) is 0 Å². The number of carbonyl (C=O) groups excluding carboxylic acids is 1. The molecule has 0 fully saturated rings. The molecule has 0 saturated carbocycles. The quantitative estimate of drug-likeness (QED) is 0.486. The van der Waals surface area contributed by atoms with Crippen molar-refractivity contribution in [2.75, 3.05) is 5.01 Å². The van der Waals surface area contributed by atoms with Gasteiger partial charge in [-0.3, -0.25) is 4.79 Å². The molecule has 0 unspecified atom stereocenters. The Balaban J connectivity index is 1.65. The van der Waals surface area contributed by atoms with Crippen LogP contribution in [-0.2, 0) is 4.79 Å². The second-order valence-corrected chi connectivity index (χ2v) is 7.83. The number of halogens is 1. The number of hydrogen-bond acceptors (Lipinski definition) is 5. The van der Waals surface area contributed by atoms with E-state index in [1.165, 1.54) is 30.3 Å². The highest BCUT2D eigenvalue weighted by Gasteiger charge is 2.29. The highest BCUT2D eigenvalue weighted by atomic mass is 79.9. The number of carboxylic acids is 2. The van der Waals surface area contributed by atoms with Crippen LogP contribution in [0.15, 0.2) is 74.2 Å². The van der Waals surface area contributed by atoms with Crippen LogP contribution in [0.3, 0.4) is 0 Å². The number of hydrazone groups is 1. The first-order chi connectivity index (χ1) is 15.2. The molecule has 1 aliphatic rings. The molecule has 8 nitrogen and oxygen atoms in total. The van der Waals surface area contributed by atoms with E-state index in [1.54, 1.807) is 37.3 Å². The first-order valence-corrected chi connectivity index (χ1v) is 10.1. The third-order valence-corrected chi connectivity index (χ3v) is 5.28. The molecule has 4 rings (SSSR count). The van der Waals surface area contributed by atoms with Crippen molar-refractivity contribution < 1.29 is 29.0 Å². The Bertz CT molecular complexity index is 1340. The molecule has 2 aromatic carbocycles. The third kappa shape index (κ3) is 3.97. The lowest BCUT2D eigenvalue weighted by Crippen LogP contribution is -2.21. The van der Waals surface area contributed by atoms with E-state index in [1.807, 2.05) is 0 Å². The normalized spacial score (nSPS) is 14.7. The summed E-state index contributed by atoms with van der Waals surface area (Å²) < 4.78 is 6.42. The molecule has 0 bridgehead atoms. The molecule has 1 aromatic heterocycles. The average molecular weight is 495 g/mol. The van der Waals surface area contributed by atoms with Gasteiger partial charge in [-0.15, -0.1) is 0 Å². The molecule has 0 spiro atoms. The van der Waals surface area contributed by atoms with Crippen molar-refractivity contribution in [3.05, 3.63) is 81.5 Å². The Morgan fingerprint density at radius 3 is 2.56 bits per heavy atom. The molecule has 0 aliphatic carbocycles. The summed E-state index contributed by atoms with van der Waals surface area (Å²) in [6, 6.07) is 14.0. The van der Waals surface area contributed by atoms with Gasteiger partial charge < -0.3 is 14.6 Å². The standard InChI is InChI=1S/C23H15BrN2O6/c1-12-18(21(27)26(25-12)15-4-2-3-13(9-15)22(28)29)11-16-6-8-20(32-16)17-7-5-14(24)10-19(17)23(30)31/h2-11H,1H3,(H,28,29)(H,30,31)/b18-11-. The van der Waals surface area contributed by atoms with Crippen LogP contribution in [0.4, 0.5) is 5.69 Å². The number of carbonyl (C=O) groups is 3. The maximum atomic E-state index is 12.9. The lowest BCUT2D eigenvalue weighted by atomic mass is 10.1. The van der Waals surface area contributed by atoms with Crippen LogP contribution in [0, 0.1) is 0 Å². The van der Waals surface area contributed by atoms with Gasteiger partial charge in [0.2, 0.25) is 0 Å². The van der Waals surface area contributed by atoms with Crippen molar-refractivity contribution in [1.82, 2.24) is 0 Å². The second-order valence-electron chi connectivity index (χ2n) is 6.91. The first kappa shape index (κ1) is 21.3. The predicted octanol–water partition coefficient (Wildman–Crippen LogP) is 4.91. The van der Waals surface area contributed by atoms with Gasteiger partial charge >= 0.3 is 11.9 Å². The molecule has 160 valence electrons. The summed E-state index contributed by atoms with van der Waals surface area (Å²) in [5, 5.41) is 24.0. The van der Waals surface area contributed by atoms with E-state index in [0.29, 0.717) is 33.0 Å². The highest BCUT2D eigenvalue weighted by Crippen LogP contribution is 2.31. The number of hydrogen-bond donors (Lipinski definition) is 2. The van der Waals surface area contributed by atoms with Gasteiger partial charge in [0.05, 0.1) is 28.1 Å². The van der Waals surface area contributed by atoms with Crippen molar-refractivity contribution in [3.63, 3.8) is 0 Å². The van der Waals surface area contributed by atoms with E-state index < -0.39 is 17.8 Å². The van der Waals surface area contributed by atoms with Gasteiger partial charge in [-0.2, -0.15) is 10.1 Å². The number of amides is 1. The van der Waals surface area contributed by atoms with Crippen LogP contribution >= 0.6 is 15.9 Å². The van der Waals surface area contributed by atoms with Crippen LogP contribution in [0.1, 0.15) is 33.4 Å². The molecule has 2 heterocycles. The fourth-order valence-corrected chi connectivity index (χ4v) is 3.62. The Morgan fingerprint density at radius 2 is 1.84 bits per heavy atom. The number of furan rings is 1. The number of benzene rings is 2. The van der Waals surface area contributed by atoms with Crippen molar-refractivity contribution in [1.29, 1.82) is 0 Å². The van der Waals surface area contributed by atoms with Gasteiger partial charge in [-0.1, -0.05) is 22.0 Å². The van der Waals surface area contributed by atoms with Gasteiger partial charge in [0, 0.05) is 10.0 Å². The monoisotopic (exact) mass is 494 g/mol. The molecule has 1 amide bonds. The van der Waals surface area contributed by atoms with Crippen molar-refractivity contribution in [2.45, 2.75) is 6.92 Å². The average Bonchev–Trinajstić information content (AvgIpc) is 3.34. The minimum absolute atomic E-state index is 0.0417. The summed E-state index contributed by atoms with van der Waals surface area (Å²) in [6.07, 6.45) is 1.52. The summed E-state index contributed by atoms with van der Waals surface area (Å²) >= 11 is 3.26. The Hall–Kier alpha value is -3.98. The van der Waals surface area contributed by atoms with Crippen LogP contribution in [0.5, 0.6) is 0 Å². The molecule has 0 radical (unpaired) electrons. The minimum atomic E-state index is -1.10. The number of anilines is 1. The lowest BCUT2D eigenvalue weighted by molar-refractivity contribution is -0.114. The van der Waals surface area contributed by atoms with E-state index in [4.69, 9.17) is 4.42 Å². The minimum Gasteiger partial charge on any atom is -0.478 e. The molecule has 9 heteroatoms. The summed E-state index contributed by atoms with van der Waals surface area (Å²) in [5.74, 6) is -1.94. The first-order valence-electron chi connectivity index (χ1n) is 9.33. The summed E-state index contributed by atoms with van der Waals surface area (Å²) in [7, 11) is 0. The summed E-state index contributed by atoms with van der Waals surface area (Å²) in [6.45, 7) is 1.66. The third-order valence-electron chi connectivity index (χ3n) is 4.79. The zero-order valence-electron chi connectivity index (χ0n) is 16.6. The zero-order chi connectivity index (χ0) is 23.0. The van der Waals surface area contributed by atoms with E-state index in [2.05, 4.69) is 21.0 Å². The van der Waals surface area contributed by atoms with Crippen molar-refractivity contribution in [3.8, 4) is 11.3 Å². The van der Waals surface area contributed by atoms with Crippen LogP contribution in [-0.4, -0.2) is 33.8 Å². The molecule has 1 aliphatic heterocycles. The van der Waals surface area contributed by atoms with Gasteiger partial charge in [-0.05, 0) is 61.5 Å². The second kappa shape index (κ2) is 8.27. The maximum absolute atomic E-state index is 12.9. The Labute approximate surface area is 190 Å². The van der Waals surface area contributed by atoms with Crippen LogP contribution < -0.4 is 5.01 Å². The Kier molecular flexibility index (Phi) is 5.50. The van der Waals surface area contributed by atoms with Crippen LogP contribution in [0.25, 0.3) is 17.4 Å². The van der Waals surface area contributed by atoms with Crippen molar-refractivity contribution in [2.24, 2.45) is 5.10 Å². The summed E-state index contributed by atoms with van der Waals surface area (Å²) in [4.78, 5) is 35.7. The summed E-state index contributed by atoms with van der Waals surface area (Å²) in [5.41, 5.74) is 1.57. The zero-order valence-corrected chi connectivity index (χ0v) is 18.2. The molecule has 32 heavy (non-hydrogen) atoms. The van der Waals surface area contributed by atoms with Crippen molar-refractivity contribution >= 4 is 51.3 Å². The van der Waals surface area contributed by atoms with Gasteiger partial charge in [0.1, 0.15) is 11.5 Å². The number of rotatable bonds is 5. The van der Waals surface area contributed by atoms with Gasteiger partial charge in [0.25, 0.3) is 5.91 Å². The van der Waals surface area contributed by atoms with Gasteiger partial charge in [-0.25, -0.2) is 9.59 Å². The van der Waals surface area contributed by atoms with E-state index in [9.17, 15) is 24.6 Å². The predicted molar refractivity (Wildman–Crippen MR) is 121 cm³/mol. The largest absolute Gasteiger partial charge is 0.478 e. The Morgan fingerprint density at radius 1 is 1.06 bits per heavy atom. The molecule has 2 N–H and O–H groups in total. The highest BCUT2D eigenvalue weighted by molar-refractivity contribution is 9.10. The smallest absolute Gasteiger partial charge is 0.336 e. The molecule has 0 atom stereocenters.